The fourth-order valence-electron chi connectivity index (χ4n) is 4.95. The number of carbonyl (C=O) groups excluding carboxylic acids is 1. The number of rotatable bonds is 8. The second-order valence-corrected chi connectivity index (χ2v) is 9.12. The van der Waals surface area contributed by atoms with Gasteiger partial charge in [0.1, 0.15) is 24.5 Å². The van der Waals surface area contributed by atoms with Crippen LogP contribution >= 0.6 is 0 Å². The van der Waals surface area contributed by atoms with Crippen LogP contribution in [-0.2, 0) is 9.53 Å². The van der Waals surface area contributed by atoms with Crippen LogP contribution in [0, 0.1) is 5.41 Å². The first kappa shape index (κ1) is 24.0. The van der Waals surface area contributed by atoms with E-state index in [0.29, 0.717) is 24.8 Å². The van der Waals surface area contributed by atoms with Crippen molar-refractivity contribution in [3.05, 3.63) is 47.9 Å². The van der Waals surface area contributed by atoms with Crippen molar-refractivity contribution in [1.82, 2.24) is 14.9 Å². The lowest BCUT2D eigenvalue weighted by molar-refractivity contribution is -0.135. The molecule has 0 aliphatic carbocycles. The summed E-state index contributed by atoms with van der Waals surface area (Å²) < 4.78 is 10.9. The van der Waals surface area contributed by atoms with E-state index in [9.17, 15) is 4.79 Å². The van der Waals surface area contributed by atoms with Gasteiger partial charge in [-0.2, -0.15) is 0 Å². The summed E-state index contributed by atoms with van der Waals surface area (Å²) in [5.41, 5.74) is 9.53. The van der Waals surface area contributed by atoms with Gasteiger partial charge in [-0.3, -0.25) is 4.79 Å². The van der Waals surface area contributed by atoms with Crippen LogP contribution in [0.15, 0.2) is 36.7 Å². The van der Waals surface area contributed by atoms with Crippen molar-refractivity contribution in [1.29, 1.82) is 0 Å². The lowest BCUT2D eigenvalue weighted by Gasteiger charge is -2.38. The Labute approximate surface area is 201 Å². The number of anilines is 2. The highest BCUT2D eigenvalue weighted by atomic mass is 16.5. The number of aromatic nitrogens is 2. The van der Waals surface area contributed by atoms with E-state index in [0.717, 1.165) is 73.7 Å². The number of piperidine rings is 1. The fraction of sp³-hybridized carbons (Fsp3) is 0.500. The highest BCUT2D eigenvalue weighted by Gasteiger charge is 2.47. The van der Waals surface area contributed by atoms with E-state index in [1.165, 1.54) is 0 Å². The average Bonchev–Trinajstić information content (AvgIpc) is 3.13. The zero-order valence-corrected chi connectivity index (χ0v) is 20.4. The maximum absolute atomic E-state index is 12.7. The van der Waals surface area contributed by atoms with Crippen molar-refractivity contribution in [2.45, 2.75) is 32.6 Å². The van der Waals surface area contributed by atoms with Crippen LogP contribution in [-0.4, -0.2) is 67.8 Å². The van der Waals surface area contributed by atoms with Gasteiger partial charge in [0.15, 0.2) is 0 Å². The van der Waals surface area contributed by atoms with Crippen LogP contribution in [0.2, 0.25) is 0 Å². The number of nitrogens with zero attached hydrogens (tertiary/aromatic N) is 4. The van der Waals surface area contributed by atoms with Gasteiger partial charge >= 0.3 is 0 Å². The summed E-state index contributed by atoms with van der Waals surface area (Å²) in [6, 6.07) is 7.72. The molecule has 0 radical (unpaired) electrons. The lowest BCUT2D eigenvalue weighted by Crippen LogP contribution is -2.44. The van der Waals surface area contributed by atoms with Crippen molar-refractivity contribution in [2.24, 2.45) is 5.41 Å². The molecule has 8 heteroatoms. The number of nitrogens with two attached hydrogens (primary N) is 1. The van der Waals surface area contributed by atoms with Gasteiger partial charge in [-0.25, -0.2) is 9.97 Å². The molecule has 1 aromatic heterocycles. The molecule has 4 rings (SSSR count). The number of allylic oxidation sites excluding steroid dienone is 1. The number of ether oxygens (including phenoxy) is 2. The van der Waals surface area contributed by atoms with Gasteiger partial charge in [0.25, 0.3) is 0 Å². The van der Waals surface area contributed by atoms with Gasteiger partial charge in [-0.15, -0.1) is 0 Å². The molecule has 3 heterocycles. The molecule has 182 valence electrons. The monoisotopic (exact) mass is 465 g/mol. The molecule has 0 atom stereocenters. The third-order valence-corrected chi connectivity index (χ3v) is 6.98. The Hall–Kier alpha value is -3.13. The SMILES string of the molecule is CC/C=C(\c1cc(N2CCC3(CCN(C)C3=O)CC2)ncn1)c1cc(OCCOC)ccc1N. The van der Waals surface area contributed by atoms with Crippen LogP contribution < -0.4 is 15.4 Å². The van der Waals surface area contributed by atoms with Gasteiger partial charge in [-0.05, 0) is 43.9 Å². The van der Waals surface area contributed by atoms with Gasteiger partial charge in [0, 0.05) is 56.7 Å². The minimum atomic E-state index is -0.188. The smallest absolute Gasteiger partial charge is 0.228 e. The topological polar surface area (TPSA) is 93.8 Å². The van der Waals surface area contributed by atoms with E-state index in [4.69, 9.17) is 15.2 Å². The summed E-state index contributed by atoms with van der Waals surface area (Å²) in [6.45, 7) is 5.57. The molecule has 1 amide bonds. The summed E-state index contributed by atoms with van der Waals surface area (Å²) in [7, 11) is 3.56. The Morgan fingerprint density at radius 1 is 1.15 bits per heavy atom. The van der Waals surface area contributed by atoms with Crippen LogP contribution in [0.5, 0.6) is 5.75 Å². The second-order valence-electron chi connectivity index (χ2n) is 9.12. The summed E-state index contributed by atoms with van der Waals surface area (Å²) in [6.07, 6.45) is 7.26. The minimum Gasteiger partial charge on any atom is -0.491 e. The first-order valence-electron chi connectivity index (χ1n) is 12.0. The van der Waals surface area contributed by atoms with Crippen LogP contribution in [0.3, 0.4) is 0 Å². The molecule has 34 heavy (non-hydrogen) atoms. The zero-order valence-electron chi connectivity index (χ0n) is 20.4. The quantitative estimate of drug-likeness (QED) is 0.472. The number of hydrogen-bond acceptors (Lipinski definition) is 7. The van der Waals surface area contributed by atoms with E-state index >= 15 is 0 Å². The number of hydrogen-bond donors (Lipinski definition) is 1. The number of nitrogen functional groups attached to an aromatic ring is 1. The van der Waals surface area contributed by atoms with Crippen molar-refractivity contribution in [3.63, 3.8) is 0 Å². The molecule has 0 unspecified atom stereocenters. The molecule has 2 saturated heterocycles. The molecular weight excluding hydrogens is 430 g/mol. The highest BCUT2D eigenvalue weighted by molar-refractivity contribution is 5.86. The number of likely N-dealkylation sites (tertiary alicyclic amines) is 1. The minimum absolute atomic E-state index is 0.188. The van der Waals surface area contributed by atoms with E-state index in [2.05, 4.69) is 27.9 Å². The fourth-order valence-corrected chi connectivity index (χ4v) is 4.95. The van der Waals surface area contributed by atoms with Crippen molar-refractivity contribution in [3.8, 4) is 5.75 Å². The molecule has 2 aliphatic rings. The molecule has 2 fully saturated rings. The molecule has 0 saturated carbocycles. The van der Waals surface area contributed by atoms with Crippen LogP contribution in [0.1, 0.15) is 43.9 Å². The van der Waals surface area contributed by atoms with Gasteiger partial charge in [-0.1, -0.05) is 13.0 Å². The number of methoxy groups -OCH3 is 1. The molecule has 2 N–H and O–H groups in total. The van der Waals surface area contributed by atoms with E-state index in [1.807, 2.05) is 36.2 Å². The number of amides is 1. The molecule has 0 bridgehead atoms. The summed E-state index contributed by atoms with van der Waals surface area (Å²) in [5.74, 6) is 1.92. The molecule has 2 aromatic rings. The number of carbonyl (C=O) groups is 1. The van der Waals surface area contributed by atoms with Gasteiger partial charge < -0.3 is 25.0 Å². The van der Waals surface area contributed by atoms with Gasteiger partial charge in [0.2, 0.25) is 5.91 Å². The zero-order chi connectivity index (χ0) is 24.1. The first-order valence-corrected chi connectivity index (χ1v) is 12.0. The van der Waals surface area contributed by atoms with Gasteiger partial charge in [0.05, 0.1) is 17.7 Å². The van der Waals surface area contributed by atoms with Crippen molar-refractivity contribution >= 4 is 23.0 Å². The van der Waals surface area contributed by atoms with E-state index < -0.39 is 0 Å². The molecule has 1 spiro atoms. The summed E-state index contributed by atoms with van der Waals surface area (Å²) in [5, 5.41) is 0. The maximum atomic E-state index is 12.7. The Morgan fingerprint density at radius 2 is 1.91 bits per heavy atom. The number of benzene rings is 1. The Balaban J connectivity index is 1.56. The van der Waals surface area contributed by atoms with Crippen molar-refractivity contribution < 1.29 is 14.3 Å². The third-order valence-electron chi connectivity index (χ3n) is 6.98. The Morgan fingerprint density at radius 3 is 2.59 bits per heavy atom. The van der Waals surface area contributed by atoms with Crippen LogP contribution in [0.4, 0.5) is 11.5 Å². The Bertz CT molecular complexity index is 1050. The molecule has 1 aromatic carbocycles. The second kappa shape index (κ2) is 10.4. The molecule has 2 aliphatic heterocycles. The Kier molecular flexibility index (Phi) is 7.36. The molecule has 8 nitrogen and oxygen atoms in total. The normalized spacial score (nSPS) is 18.1. The largest absolute Gasteiger partial charge is 0.491 e. The van der Waals surface area contributed by atoms with E-state index in [-0.39, 0.29) is 5.41 Å². The predicted molar refractivity (Wildman–Crippen MR) is 134 cm³/mol. The van der Waals surface area contributed by atoms with Crippen molar-refractivity contribution in [2.75, 3.05) is 57.6 Å². The average molecular weight is 466 g/mol. The maximum Gasteiger partial charge on any atom is 0.228 e. The summed E-state index contributed by atoms with van der Waals surface area (Å²) >= 11 is 0. The first-order chi connectivity index (χ1) is 16.5. The third kappa shape index (κ3) is 4.87. The van der Waals surface area contributed by atoms with Crippen LogP contribution in [0.25, 0.3) is 5.57 Å². The standard InChI is InChI=1S/C26H35N5O3/c1-4-5-20(21-16-19(6-7-22(21)27)34-15-14-33-3)23-17-24(29-18-28-23)31-12-9-26(10-13-31)8-11-30(2)25(26)32/h5-7,16-18H,4,8-15,27H2,1-3H3/b20-5-. The van der Waals surface area contributed by atoms with E-state index in [1.54, 1.807) is 13.4 Å². The highest BCUT2D eigenvalue weighted by Crippen LogP contribution is 2.42. The lowest BCUT2D eigenvalue weighted by atomic mass is 9.77. The summed E-state index contributed by atoms with van der Waals surface area (Å²) in [4.78, 5) is 26.0. The molecular formula is C26H35N5O3. The predicted octanol–water partition coefficient (Wildman–Crippen LogP) is 3.37.